The summed E-state index contributed by atoms with van der Waals surface area (Å²) in [5.41, 5.74) is 1.49. The Morgan fingerprint density at radius 1 is 1.00 bits per heavy atom. The Morgan fingerprint density at radius 3 is 2.17 bits per heavy atom. The number of amides is 1. The molecule has 0 bridgehead atoms. The van der Waals surface area contributed by atoms with Gasteiger partial charge in [0.05, 0.1) is 23.3 Å². The first-order chi connectivity index (χ1) is 14.1. The van der Waals surface area contributed by atoms with Gasteiger partial charge in [-0.1, -0.05) is 24.3 Å². The Bertz CT molecular complexity index is 1150. The highest BCUT2D eigenvalue weighted by Gasteiger charge is 2.19. The Hall–Kier alpha value is -3.38. The molecule has 1 N–H and O–H groups in total. The fourth-order valence-corrected chi connectivity index (χ4v) is 3.68. The molecule has 1 unspecified atom stereocenters. The summed E-state index contributed by atoms with van der Waals surface area (Å²) in [5, 5.41) is 4.23. The van der Waals surface area contributed by atoms with E-state index in [2.05, 4.69) is 5.32 Å². The van der Waals surface area contributed by atoms with Crippen LogP contribution >= 0.6 is 0 Å². The number of para-hydroxylation sites is 2. The molecule has 1 amide bonds. The highest BCUT2D eigenvalue weighted by molar-refractivity contribution is 5.94. The van der Waals surface area contributed by atoms with Gasteiger partial charge in [0.1, 0.15) is 12.3 Å². The lowest BCUT2D eigenvalue weighted by Crippen LogP contribution is -2.36. The number of likely N-dealkylation sites (N-methyl/N-ethyl adjacent to an activating group) is 1. The molecular formula is C23H23N3O3. The summed E-state index contributed by atoms with van der Waals surface area (Å²) >= 11 is 0. The molecule has 29 heavy (non-hydrogen) atoms. The van der Waals surface area contributed by atoms with Crippen molar-refractivity contribution in [2.24, 2.45) is 0 Å². The van der Waals surface area contributed by atoms with E-state index >= 15 is 0 Å². The summed E-state index contributed by atoms with van der Waals surface area (Å²) in [6.07, 6.45) is 1.63. The molecule has 4 aromatic rings. The topological polar surface area (TPSA) is 67.5 Å². The van der Waals surface area contributed by atoms with Gasteiger partial charge >= 0.3 is 0 Å². The number of fused-ring (bicyclic) bond motifs is 2. The molecule has 4 rings (SSSR count). The van der Waals surface area contributed by atoms with Crippen LogP contribution in [0.3, 0.4) is 0 Å². The minimum atomic E-state index is -0.123. The molecule has 2 heterocycles. The predicted octanol–water partition coefficient (Wildman–Crippen LogP) is 3.17. The molecule has 0 radical (unpaired) electrons. The van der Waals surface area contributed by atoms with Crippen LogP contribution in [0.5, 0.6) is 0 Å². The summed E-state index contributed by atoms with van der Waals surface area (Å²) in [6.45, 7) is 0.551. The quantitative estimate of drug-likeness (QED) is 0.515. The third-order valence-electron chi connectivity index (χ3n) is 5.17. The van der Waals surface area contributed by atoms with E-state index in [4.69, 9.17) is 4.42 Å². The van der Waals surface area contributed by atoms with E-state index in [-0.39, 0.29) is 23.9 Å². The summed E-state index contributed by atoms with van der Waals surface area (Å²) in [6, 6.07) is 18.5. The van der Waals surface area contributed by atoms with Gasteiger partial charge in [-0.25, -0.2) is 0 Å². The Balaban J connectivity index is 1.64. The van der Waals surface area contributed by atoms with E-state index in [1.807, 2.05) is 72.1 Å². The first-order valence-electron chi connectivity index (χ1n) is 9.53. The van der Waals surface area contributed by atoms with Gasteiger partial charge in [0.15, 0.2) is 5.43 Å². The van der Waals surface area contributed by atoms with Crippen molar-refractivity contribution in [1.29, 1.82) is 0 Å². The molecule has 1 atom stereocenters. The smallest absolute Gasteiger partial charge is 0.240 e. The molecule has 0 aliphatic carbocycles. The van der Waals surface area contributed by atoms with E-state index in [1.54, 1.807) is 18.4 Å². The molecule has 6 heteroatoms. The minimum Gasteiger partial charge on any atom is -0.468 e. The van der Waals surface area contributed by atoms with Crippen LogP contribution in [0.25, 0.3) is 21.8 Å². The number of rotatable bonds is 6. The Kier molecular flexibility index (Phi) is 5.18. The van der Waals surface area contributed by atoms with Gasteiger partial charge in [-0.05, 0) is 50.5 Å². The molecule has 6 nitrogen and oxygen atoms in total. The molecule has 2 aromatic carbocycles. The molecule has 0 saturated carbocycles. The van der Waals surface area contributed by atoms with Crippen LogP contribution in [0.1, 0.15) is 11.8 Å². The number of carbonyl (C=O) groups is 1. The van der Waals surface area contributed by atoms with Crippen LogP contribution in [0.15, 0.2) is 76.1 Å². The Morgan fingerprint density at radius 2 is 1.62 bits per heavy atom. The second-order valence-corrected chi connectivity index (χ2v) is 7.25. The molecule has 0 aliphatic rings. The van der Waals surface area contributed by atoms with Crippen molar-refractivity contribution in [3.05, 3.63) is 82.9 Å². The second kappa shape index (κ2) is 7.93. The van der Waals surface area contributed by atoms with Crippen molar-refractivity contribution in [2.75, 3.05) is 20.6 Å². The highest BCUT2D eigenvalue weighted by Crippen LogP contribution is 2.20. The number of aromatic nitrogens is 1. The third-order valence-corrected chi connectivity index (χ3v) is 5.17. The first-order valence-corrected chi connectivity index (χ1v) is 9.53. The van der Waals surface area contributed by atoms with E-state index in [1.165, 1.54) is 0 Å². The highest BCUT2D eigenvalue weighted by atomic mass is 16.3. The van der Waals surface area contributed by atoms with Crippen LogP contribution in [0, 0.1) is 0 Å². The zero-order valence-corrected chi connectivity index (χ0v) is 16.5. The van der Waals surface area contributed by atoms with Crippen molar-refractivity contribution in [1.82, 2.24) is 14.8 Å². The van der Waals surface area contributed by atoms with Crippen molar-refractivity contribution < 1.29 is 9.21 Å². The maximum absolute atomic E-state index is 12.8. The standard InChI is InChI=1S/C23H23N3O3/c1-25(2)20(21-12-7-13-29-21)14-24-22(27)15-26-18-10-5-3-8-16(18)23(28)17-9-4-6-11-19(17)26/h3-13,20H,14-15H2,1-2H3,(H,24,27). The van der Waals surface area contributed by atoms with Gasteiger partial charge in [0, 0.05) is 17.3 Å². The Labute approximate surface area is 168 Å². The maximum Gasteiger partial charge on any atom is 0.240 e. The number of pyridine rings is 1. The van der Waals surface area contributed by atoms with Crippen LogP contribution in [0.4, 0.5) is 0 Å². The van der Waals surface area contributed by atoms with E-state index in [0.29, 0.717) is 17.3 Å². The average Bonchev–Trinajstić information content (AvgIpc) is 3.25. The van der Waals surface area contributed by atoms with Crippen molar-refractivity contribution in [3.8, 4) is 0 Å². The van der Waals surface area contributed by atoms with Gasteiger partial charge in [-0.2, -0.15) is 0 Å². The maximum atomic E-state index is 12.8. The number of nitrogens with zero attached hydrogens (tertiary/aromatic N) is 2. The van der Waals surface area contributed by atoms with Crippen molar-refractivity contribution in [2.45, 2.75) is 12.6 Å². The lowest BCUT2D eigenvalue weighted by Gasteiger charge is -2.23. The fourth-order valence-electron chi connectivity index (χ4n) is 3.68. The number of carbonyl (C=O) groups excluding carboxylic acids is 1. The second-order valence-electron chi connectivity index (χ2n) is 7.25. The lowest BCUT2D eigenvalue weighted by atomic mass is 10.1. The van der Waals surface area contributed by atoms with E-state index < -0.39 is 0 Å². The van der Waals surface area contributed by atoms with Crippen LogP contribution in [-0.2, 0) is 11.3 Å². The SMILES string of the molecule is CN(C)C(CNC(=O)Cn1c2ccccc2c(=O)c2ccccc21)c1ccco1. The summed E-state index contributed by atoms with van der Waals surface area (Å²) in [4.78, 5) is 27.6. The van der Waals surface area contributed by atoms with E-state index in [0.717, 1.165) is 16.8 Å². The number of nitrogens with one attached hydrogen (secondary N) is 1. The summed E-state index contributed by atoms with van der Waals surface area (Å²) in [7, 11) is 3.89. The van der Waals surface area contributed by atoms with Crippen LogP contribution in [-0.4, -0.2) is 36.0 Å². The first kappa shape index (κ1) is 19.0. The molecule has 0 saturated heterocycles. The predicted molar refractivity (Wildman–Crippen MR) is 114 cm³/mol. The normalized spacial score (nSPS) is 12.5. The van der Waals surface area contributed by atoms with Gasteiger partial charge in [-0.15, -0.1) is 0 Å². The molecular weight excluding hydrogens is 366 g/mol. The van der Waals surface area contributed by atoms with Crippen molar-refractivity contribution in [3.63, 3.8) is 0 Å². The zero-order valence-electron chi connectivity index (χ0n) is 16.5. The lowest BCUT2D eigenvalue weighted by molar-refractivity contribution is -0.121. The van der Waals surface area contributed by atoms with E-state index in [9.17, 15) is 9.59 Å². The number of hydrogen-bond acceptors (Lipinski definition) is 4. The van der Waals surface area contributed by atoms with Gasteiger partial charge in [-0.3, -0.25) is 14.5 Å². The van der Waals surface area contributed by atoms with Crippen LogP contribution < -0.4 is 10.7 Å². The average molecular weight is 389 g/mol. The minimum absolute atomic E-state index is 0.0154. The van der Waals surface area contributed by atoms with Gasteiger partial charge in [0.25, 0.3) is 0 Å². The molecule has 0 fully saturated rings. The molecule has 0 aliphatic heterocycles. The summed E-state index contributed by atoms with van der Waals surface area (Å²) in [5.74, 6) is 0.678. The number of benzene rings is 2. The largest absolute Gasteiger partial charge is 0.468 e. The number of furan rings is 1. The third kappa shape index (κ3) is 3.67. The molecule has 148 valence electrons. The molecule has 0 spiro atoms. The number of hydrogen-bond donors (Lipinski definition) is 1. The fraction of sp³-hybridized carbons (Fsp3) is 0.217. The monoisotopic (exact) mass is 389 g/mol. The van der Waals surface area contributed by atoms with Gasteiger partial charge < -0.3 is 14.3 Å². The van der Waals surface area contributed by atoms with Crippen LogP contribution in [0.2, 0.25) is 0 Å². The van der Waals surface area contributed by atoms with Crippen molar-refractivity contribution >= 4 is 27.7 Å². The molecule has 2 aromatic heterocycles. The van der Waals surface area contributed by atoms with Gasteiger partial charge in [0.2, 0.25) is 5.91 Å². The zero-order chi connectivity index (χ0) is 20.4. The summed E-state index contributed by atoms with van der Waals surface area (Å²) < 4.78 is 7.40.